The Bertz CT molecular complexity index is 1310. The van der Waals surface area contributed by atoms with Crippen LogP contribution in [0, 0.1) is 5.92 Å². The number of amides is 2. The Labute approximate surface area is 197 Å². The standard InChI is InChI=1S/C26H26N6O2/c1-2-32-24-21(17-28-32)20(16-22(29-24)18-8-4-3-5-9-18)26(34)31-14-11-19(12-15-31)25(33)30-23-10-6-7-13-27-23/h3-10,13,16-17,19H,2,11-12,14-15H2,1H3,(H,27,30,33). The number of aryl methyl sites for hydroxylation is 1. The van der Waals surface area contributed by atoms with E-state index in [2.05, 4.69) is 15.4 Å². The summed E-state index contributed by atoms with van der Waals surface area (Å²) < 4.78 is 1.81. The number of piperidine rings is 1. The first-order valence-corrected chi connectivity index (χ1v) is 11.6. The van der Waals surface area contributed by atoms with Crippen LogP contribution >= 0.6 is 0 Å². The summed E-state index contributed by atoms with van der Waals surface area (Å²) in [4.78, 5) is 37.1. The van der Waals surface area contributed by atoms with Crippen LogP contribution < -0.4 is 5.32 Å². The van der Waals surface area contributed by atoms with Crippen molar-refractivity contribution in [2.45, 2.75) is 26.3 Å². The Morgan fingerprint density at radius 2 is 1.82 bits per heavy atom. The maximum absolute atomic E-state index is 13.6. The van der Waals surface area contributed by atoms with Gasteiger partial charge in [0.25, 0.3) is 5.91 Å². The molecule has 5 rings (SSSR count). The summed E-state index contributed by atoms with van der Waals surface area (Å²) in [7, 11) is 0. The average molecular weight is 455 g/mol. The zero-order chi connectivity index (χ0) is 23.5. The number of nitrogens with zero attached hydrogens (tertiary/aromatic N) is 5. The molecule has 4 heterocycles. The lowest BCUT2D eigenvalue weighted by molar-refractivity contribution is -0.121. The molecule has 0 radical (unpaired) electrons. The van der Waals surface area contributed by atoms with Gasteiger partial charge in [-0.05, 0) is 38.0 Å². The van der Waals surface area contributed by atoms with Crippen molar-refractivity contribution < 1.29 is 9.59 Å². The minimum absolute atomic E-state index is 0.0484. The van der Waals surface area contributed by atoms with Gasteiger partial charge in [-0.25, -0.2) is 14.6 Å². The number of likely N-dealkylation sites (tertiary alicyclic amines) is 1. The van der Waals surface area contributed by atoms with Gasteiger partial charge in [0.2, 0.25) is 5.91 Å². The molecule has 1 aliphatic rings. The summed E-state index contributed by atoms with van der Waals surface area (Å²) in [6.07, 6.45) is 4.59. The number of benzene rings is 1. The highest BCUT2D eigenvalue weighted by Crippen LogP contribution is 2.28. The topological polar surface area (TPSA) is 93.0 Å². The van der Waals surface area contributed by atoms with Gasteiger partial charge >= 0.3 is 0 Å². The molecular formula is C26H26N6O2. The smallest absolute Gasteiger partial charge is 0.254 e. The van der Waals surface area contributed by atoms with Crippen molar-refractivity contribution in [3.63, 3.8) is 0 Å². The van der Waals surface area contributed by atoms with Gasteiger partial charge in [-0.2, -0.15) is 5.10 Å². The van der Waals surface area contributed by atoms with E-state index in [-0.39, 0.29) is 17.7 Å². The highest BCUT2D eigenvalue weighted by molar-refractivity contribution is 6.06. The van der Waals surface area contributed by atoms with Crippen LogP contribution in [0.5, 0.6) is 0 Å². The Kier molecular flexibility index (Phi) is 6.03. The highest BCUT2D eigenvalue weighted by atomic mass is 16.2. The lowest BCUT2D eigenvalue weighted by Crippen LogP contribution is -2.41. The first-order chi connectivity index (χ1) is 16.6. The molecule has 8 heteroatoms. The average Bonchev–Trinajstić information content (AvgIpc) is 3.32. The highest BCUT2D eigenvalue weighted by Gasteiger charge is 2.29. The van der Waals surface area contributed by atoms with Gasteiger partial charge in [0.1, 0.15) is 5.82 Å². The molecule has 3 aromatic heterocycles. The largest absolute Gasteiger partial charge is 0.339 e. The van der Waals surface area contributed by atoms with Gasteiger partial charge in [-0.1, -0.05) is 36.4 Å². The monoisotopic (exact) mass is 454 g/mol. The van der Waals surface area contributed by atoms with Crippen molar-refractivity contribution in [2.75, 3.05) is 18.4 Å². The minimum Gasteiger partial charge on any atom is -0.339 e. The summed E-state index contributed by atoms with van der Waals surface area (Å²) in [5, 5.41) is 8.06. The SMILES string of the molecule is CCn1ncc2c(C(=O)N3CCC(C(=O)Nc4ccccn4)CC3)cc(-c3ccccc3)nc21. The number of carbonyl (C=O) groups excluding carboxylic acids is 2. The molecule has 1 N–H and O–H groups in total. The molecule has 4 aromatic rings. The molecule has 1 aliphatic heterocycles. The molecule has 0 spiro atoms. The Balaban J connectivity index is 1.36. The molecule has 1 saturated heterocycles. The molecule has 172 valence electrons. The van der Waals surface area contributed by atoms with Gasteiger partial charge in [-0.3, -0.25) is 9.59 Å². The number of anilines is 1. The number of fused-ring (bicyclic) bond motifs is 1. The maximum Gasteiger partial charge on any atom is 0.254 e. The van der Waals surface area contributed by atoms with Gasteiger partial charge in [-0.15, -0.1) is 0 Å². The van der Waals surface area contributed by atoms with E-state index in [0.717, 1.165) is 16.6 Å². The minimum atomic E-state index is -0.147. The number of aromatic nitrogens is 4. The molecule has 0 bridgehead atoms. The zero-order valence-electron chi connectivity index (χ0n) is 19.0. The van der Waals surface area contributed by atoms with Crippen molar-refractivity contribution in [3.05, 3.63) is 72.6 Å². The maximum atomic E-state index is 13.6. The Morgan fingerprint density at radius 1 is 1.06 bits per heavy atom. The number of carbonyl (C=O) groups is 2. The third-order valence-corrected chi connectivity index (χ3v) is 6.28. The predicted octanol–water partition coefficient (Wildman–Crippen LogP) is 4.00. The van der Waals surface area contributed by atoms with E-state index in [9.17, 15) is 9.59 Å². The number of pyridine rings is 2. The summed E-state index contributed by atoms with van der Waals surface area (Å²) in [6, 6.07) is 17.1. The number of rotatable bonds is 5. The molecule has 1 fully saturated rings. The zero-order valence-corrected chi connectivity index (χ0v) is 19.0. The quantitative estimate of drug-likeness (QED) is 0.492. The van der Waals surface area contributed by atoms with E-state index in [1.54, 1.807) is 18.5 Å². The van der Waals surface area contributed by atoms with Crippen LogP contribution in [0.15, 0.2) is 67.0 Å². The van der Waals surface area contributed by atoms with Crippen molar-refractivity contribution >= 4 is 28.7 Å². The van der Waals surface area contributed by atoms with Crippen molar-refractivity contribution in [1.82, 2.24) is 24.6 Å². The summed E-state index contributed by atoms with van der Waals surface area (Å²) in [5.41, 5.74) is 3.00. The van der Waals surface area contributed by atoms with Gasteiger partial charge in [0, 0.05) is 37.3 Å². The fourth-order valence-corrected chi connectivity index (χ4v) is 4.39. The molecule has 1 aromatic carbocycles. The molecule has 0 unspecified atom stereocenters. The number of hydrogen-bond donors (Lipinski definition) is 1. The molecule has 0 atom stereocenters. The van der Waals surface area contributed by atoms with Crippen LogP contribution in [0.1, 0.15) is 30.1 Å². The fourth-order valence-electron chi connectivity index (χ4n) is 4.39. The second-order valence-corrected chi connectivity index (χ2v) is 8.39. The van der Waals surface area contributed by atoms with E-state index in [0.29, 0.717) is 49.5 Å². The Morgan fingerprint density at radius 3 is 2.53 bits per heavy atom. The lowest BCUT2D eigenvalue weighted by atomic mass is 9.95. The third kappa shape index (κ3) is 4.26. The van der Waals surface area contributed by atoms with E-state index in [1.165, 1.54) is 0 Å². The number of hydrogen-bond acceptors (Lipinski definition) is 5. The van der Waals surface area contributed by atoms with E-state index in [1.807, 2.05) is 65.0 Å². The second kappa shape index (κ2) is 9.43. The van der Waals surface area contributed by atoms with Crippen LogP contribution in [0.3, 0.4) is 0 Å². The van der Waals surface area contributed by atoms with E-state index in [4.69, 9.17) is 4.98 Å². The summed E-state index contributed by atoms with van der Waals surface area (Å²) >= 11 is 0. The van der Waals surface area contributed by atoms with Gasteiger partial charge in [0.05, 0.1) is 22.8 Å². The van der Waals surface area contributed by atoms with Crippen LogP contribution in [0.2, 0.25) is 0 Å². The normalized spacial score (nSPS) is 14.3. The fraction of sp³-hybridized carbons (Fsp3) is 0.269. The van der Waals surface area contributed by atoms with Crippen molar-refractivity contribution in [3.8, 4) is 11.3 Å². The second-order valence-electron chi connectivity index (χ2n) is 8.39. The molecule has 0 aliphatic carbocycles. The molecule has 34 heavy (non-hydrogen) atoms. The van der Waals surface area contributed by atoms with Crippen LogP contribution in [0.4, 0.5) is 5.82 Å². The molecular weight excluding hydrogens is 428 g/mol. The van der Waals surface area contributed by atoms with Crippen molar-refractivity contribution in [2.24, 2.45) is 5.92 Å². The van der Waals surface area contributed by atoms with Crippen molar-refractivity contribution in [1.29, 1.82) is 0 Å². The number of nitrogens with one attached hydrogen (secondary N) is 1. The van der Waals surface area contributed by atoms with E-state index < -0.39 is 0 Å². The van der Waals surface area contributed by atoms with E-state index >= 15 is 0 Å². The summed E-state index contributed by atoms with van der Waals surface area (Å²) in [6.45, 7) is 3.71. The first-order valence-electron chi connectivity index (χ1n) is 11.6. The van der Waals surface area contributed by atoms with Gasteiger partial charge in [0.15, 0.2) is 5.65 Å². The molecule has 8 nitrogen and oxygen atoms in total. The van der Waals surface area contributed by atoms with Crippen LogP contribution in [-0.4, -0.2) is 49.6 Å². The summed E-state index contributed by atoms with van der Waals surface area (Å²) in [5.74, 6) is 0.300. The third-order valence-electron chi connectivity index (χ3n) is 6.28. The lowest BCUT2D eigenvalue weighted by Gasteiger charge is -2.31. The predicted molar refractivity (Wildman–Crippen MR) is 130 cm³/mol. The van der Waals surface area contributed by atoms with Gasteiger partial charge < -0.3 is 10.2 Å². The Hall–Kier alpha value is -4.07. The van der Waals surface area contributed by atoms with Crippen LogP contribution in [0.25, 0.3) is 22.3 Å². The molecule has 0 saturated carbocycles. The molecule has 2 amide bonds. The first kappa shape index (κ1) is 21.8. The van der Waals surface area contributed by atoms with Crippen LogP contribution in [-0.2, 0) is 11.3 Å².